The van der Waals surface area contributed by atoms with Crippen LogP contribution < -0.4 is 14.8 Å². The molecular formula is C17H20N2O2. The van der Waals surface area contributed by atoms with Gasteiger partial charge in [0.15, 0.2) is 11.5 Å². The maximum Gasteiger partial charge on any atom is 0.161 e. The van der Waals surface area contributed by atoms with Crippen molar-refractivity contribution >= 4 is 0 Å². The van der Waals surface area contributed by atoms with Crippen LogP contribution in [0.4, 0.5) is 0 Å². The summed E-state index contributed by atoms with van der Waals surface area (Å²) in [6.07, 6.45) is 1.82. The van der Waals surface area contributed by atoms with E-state index >= 15 is 0 Å². The van der Waals surface area contributed by atoms with E-state index < -0.39 is 0 Å². The van der Waals surface area contributed by atoms with E-state index in [2.05, 4.69) is 36.3 Å². The summed E-state index contributed by atoms with van der Waals surface area (Å²) >= 11 is 0. The van der Waals surface area contributed by atoms with E-state index in [-0.39, 0.29) is 12.1 Å². The van der Waals surface area contributed by atoms with Crippen molar-refractivity contribution in [1.82, 2.24) is 10.3 Å². The van der Waals surface area contributed by atoms with Gasteiger partial charge in [-0.25, -0.2) is 0 Å². The molecule has 1 aromatic carbocycles. The molecule has 0 aliphatic carbocycles. The normalized spacial score (nSPS) is 16.3. The summed E-state index contributed by atoms with van der Waals surface area (Å²) in [7, 11) is 0. The Morgan fingerprint density at radius 2 is 1.81 bits per heavy atom. The Morgan fingerprint density at radius 3 is 2.57 bits per heavy atom. The molecule has 1 aromatic heterocycles. The van der Waals surface area contributed by atoms with Crippen LogP contribution in [0.2, 0.25) is 0 Å². The maximum absolute atomic E-state index is 5.64. The minimum absolute atomic E-state index is 0.189. The van der Waals surface area contributed by atoms with Gasteiger partial charge in [-0.05, 0) is 43.7 Å². The van der Waals surface area contributed by atoms with E-state index in [9.17, 15) is 0 Å². The molecule has 0 bridgehead atoms. The zero-order chi connectivity index (χ0) is 14.7. The molecule has 4 nitrogen and oxygen atoms in total. The van der Waals surface area contributed by atoms with Crippen molar-refractivity contribution in [3.63, 3.8) is 0 Å². The summed E-state index contributed by atoms with van der Waals surface area (Å²) < 4.78 is 11.2. The molecule has 1 aliphatic rings. The van der Waals surface area contributed by atoms with Crippen LogP contribution in [0, 0.1) is 0 Å². The summed E-state index contributed by atoms with van der Waals surface area (Å²) in [6.45, 7) is 5.50. The average molecular weight is 284 g/mol. The molecule has 1 unspecified atom stereocenters. The largest absolute Gasteiger partial charge is 0.486 e. The van der Waals surface area contributed by atoms with Gasteiger partial charge in [0.1, 0.15) is 13.2 Å². The number of benzene rings is 1. The molecule has 110 valence electrons. The van der Waals surface area contributed by atoms with Crippen molar-refractivity contribution in [3.8, 4) is 11.5 Å². The number of pyridine rings is 1. The SMILES string of the molecule is CC(N[C@@H](C)c1ccccn1)c1ccc2c(c1)OCCO2. The van der Waals surface area contributed by atoms with Crippen molar-refractivity contribution in [3.05, 3.63) is 53.9 Å². The lowest BCUT2D eigenvalue weighted by molar-refractivity contribution is 0.171. The molecule has 0 spiro atoms. The number of ether oxygens (including phenoxy) is 2. The van der Waals surface area contributed by atoms with E-state index in [1.165, 1.54) is 5.56 Å². The molecule has 2 aromatic rings. The van der Waals surface area contributed by atoms with Crippen LogP contribution in [0.3, 0.4) is 0 Å². The van der Waals surface area contributed by atoms with Gasteiger partial charge < -0.3 is 14.8 Å². The fraction of sp³-hybridized carbons (Fsp3) is 0.353. The number of fused-ring (bicyclic) bond motifs is 1. The Bertz CT molecular complexity index is 601. The molecule has 1 aliphatic heterocycles. The summed E-state index contributed by atoms with van der Waals surface area (Å²) in [5.74, 6) is 1.66. The lowest BCUT2D eigenvalue weighted by atomic mass is 10.1. The first-order valence-corrected chi connectivity index (χ1v) is 7.30. The van der Waals surface area contributed by atoms with Crippen molar-refractivity contribution in [1.29, 1.82) is 0 Å². The number of hydrogen-bond acceptors (Lipinski definition) is 4. The summed E-state index contributed by atoms with van der Waals surface area (Å²) in [5, 5.41) is 3.56. The van der Waals surface area contributed by atoms with Gasteiger partial charge in [0.25, 0.3) is 0 Å². The third-order valence-electron chi connectivity index (χ3n) is 3.70. The van der Waals surface area contributed by atoms with Crippen LogP contribution in [-0.2, 0) is 0 Å². The minimum Gasteiger partial charge on any atom is -0.486 e. The summed E-state index contributed by atoms with van der Waals surface area (Å²) in [6, 6.07) is 12.5. The molecule has 0 saturated heterocycles. The zero-order valence-electron chi connectivity index (χ0n) is 12.4. The third kappa shape index (κ3) is 3.16. The molecule has 0 radical (unpaired) electrons. The number of rotatable bonds is 4. The Balaban J connectivity index is 1.72. The first-order chi connectivity index (χ1) is 10.2. The third-order valence-corrected chi connectivity index (χ3v) is 3.70. The van der Waals surface area contributed by atoms with Crippen molar-refractivity contribution in [2.75, 3.05) is 13.2 Å². The number of hydrogen-bond donors (Lipinski definition) is 1. The van der Waals surface area contributed by atoms with Crippen LogP contribution >= 0.6 is 0 Å². The van der Waals surface area contributed by atoms with Crippen LogP contribution in [0.1, 0.15) is 37.2 Å². The predicted octanol–water partition coefficient (Wildman–Crippen LogP) is 3.26. The molecule has 3 rings (SSSR count). The highest BCUT2D eigenvalue weighted by Gasteiger charge is 2.16. The Morgan fingerprint density at radius 1 is 1.00 bits per heavy atom. The first-order valence-electron chi connectivity index (χ1n) is 7.30. The lowest BCUT2D eigenvalue weighted by Crippen LogP contribution is -2.23. The fourth-order valence-corrected chi connectivity index (χ4v) is 2.52. The zero-order valence-corrected chi connectivity index (χ0v) is 12.4. The second-order valence-electron chi connectivity index (χ2n) is 5.27. The highest BCUT2D eigenvalue weighted by atomic mass is 16.6. The Hall–Kier alpha value is -2.07. The Kier molecular flexibility index (Phi) is 4.06. The van der Waals surface area contributed by atoms with Gasteiger partial charge >= 0.3 is 0 Å². The van der Waals surface area contributed by atoms with E-state index in [0.717, 1.165) is 17.2 Å². The first kappa shape index (κ1) is 13.9. The van der Waals surface area contributed by atoms with Crippen molar-refractivity contribution < 1.29 is 9.47 Å². The molecule has 1 N–H and O–H groups in total. The lowest BCUT2D eigenvalue weighted by Gasteiger charge is -2.23. The van der Waals surface area contributed by atoms with Crippen molar-refractivity contribution in [2.24, 2.45) is 0 Å². The van der Waals surface area contributed by atoms with E-state index in [1.54, 1.807) is 0 Å². The molecule has 21 heavy (non-hydrogen) atoms. The monoisotopic (exact) mass is 284 g/mol. The molecule has 0 fully saturated rings. The molecule has 0 saturated carbocycles. The topological polar surface area (TPSA) is 43.4 Å². The summed E-state index contributed by atoms with van der Waals surface area (Å²) in [5.41, 5.74) is 2.23. The van der Waals surface area contributed by atoms with E-state index in [4.69, 9.17) is 9.47 Å². The predicted molar refractivity (Wildman–Crippen MR) is 81.6 cm³/mol. The average Bonchev–Trinajstić information content (AvgIpc) is 2.55. The van der Waals surface area contributed by atoms with Gasteiger partial charge in [-0.3, -0.25) is 4.98 Å². The van der Waals surface area contributed by atoms with Crippen LogP contribution in [0.15, 0.2) is 42.6 Å². The van der Waals surface area contributed by atoms with E-state index in [0.29, 0.717) is 13.2 Å². The second-order valence-corrected chi connectivity index (χ2v) is 5.27. The minimum atomic E-state index is 0.189. The molecule has 0 amide bonds. The number of nitrogens with zero attached hydrogens (tertiary/aromatic N) is 1. The maximum atomic E-state index is 5.64. The number of aromatic nitrogens is 1. The smallest absolute Gasteiger partial charge is 0.161 e. The molecule has 4 heteroatoms. The molecular weight excluding hydrogens is 264 g/mol. The fourth-order valence-electron chi connectivity index (χ4n) is 2.52. The van der Waals surface area contributed by atoms with Gasteiger partial charge in [0.2, 0.25) is 0 Å². The van der Waals surface area contributed by atoms with Crippen LogP contribution in [0.5, 0.6) is 11.5 Å². The highest BCUT2D eigenvalue weighted by Crippen LogP contribution is 2.33. The second kappa shape index (κ2) is 6.14. The highest BCUT2D eigenvalue weighted by molar-refractivity contribution is 5.44. The van der Waals surface area contributed by atoms with E-state index in [1.807, 2.05) is 30.5 Å². The molecule has 2 heterocycles. The number of nitrogens with one attached hydrogen (secondary N) is 1. The van der Waals surface area contributed by atoms with Gasteiger partial charge in [0, 0.05) is 18.3 Å². The van der Waals surface area contributed by atoms with Gasteiger partial charge in [0.05, 0.1) is 5.69 Å². The summed E-state index contributed by atoms with van der Waals surface area (Å²) in [4.78, 5) is 4.39. The van der Waals surface area contributed by atoms with Gasteiger partial charge in [-0.15, -0.1) is 0 Å². The quantitative estimate of drug-likeness (QED) is 0.936. The van der Waals surface area contributed by atoms with Gasteiger partial charge in [-0.2, -0.15) is 0 Å². The standard InChI is InChI=1S/C17H20N2O2/c1-12(19-13(2)15-5-3-4-8-18-15)14-6-7-16-17(11-14)21-10-9-20-16/h3-8,11-13,19H,9-10H2,1-2H3/t12?,13-/m0/s1. The van der Waals surface area contributed by atoms with Gasteiger partial charge in [-0.1, -0.05) is 12.1 Å². The Labute approximate surface area is 125 Å². The van der Waals surface area contributed by atoms with Crippen molar-refractivity contribution in [2.45, 2.75) is 25.9 Å². The van der Waals surface area contributed by atoms with Crippen LogP contribution in [-0.4, -0.2) is 18.2 Å². The molecule has 2 atom stereocenters. The van der Waals surface area contributed by atoms with Crippen LogP contribution in [0.25, 0.3) is 0 Å².